The van der Waals surface area contributed by atoms with E-state index in [4.69, 9.17) is 5.73 Å². The molecule has 0 spiro atoms. The van der Waals surface area contributed by atoms with Gasteiger partial charge in [0, 0.05) is 37.2 Å². The van der Waals surface area contributed by atoms with Crippen molar-refractivity contribution in [1.82, 2.24) is 9.55 Å². The molecule has 1 aliphatic heterocycles. The van der Waals surface area contributed by atoms with Gasteiger partial charge in [-0.1, -0.05) is 6.42 Å². The standard InChI is InChI=1S/C12H21N3S/c1-15-8-7-14-12(15)6-5-10(13)11-4-2-3-9-16-11/h7-8,10-11H,2-6,9,13H2,1H3. The molecule has 1 aromatic heterocycles. The molecule has 2 heterocycles. The predicted molar refractivity (Wildman–Crippen MR) is 69.6 cm³/mol. The number of imidazole rings is 1. The van der Waals surface area contributed by atoms with Crippen LogP contribution in [0.2, 0.25) is 0 Å². The highest BCUT2D eigenvalue weighted by Crippen LogP contribution is 2.28. The molecule has 0 aromatic carbocycles. The Hall–Kier alpha value is -0.480. The average molecular weight is 239 g/mol. The molecule has 0 bridgehead atoms. The molecule has 0 saturated carbocycles. The maximum Gasteiger partial charge on any atom is 0.108 e. The van der Waals surface area contributed by atoms with Gasteiger partial charge in [-0.2, -0.15) is 11.8 Å². The Kier molecular flexibility index (Phi) is 4.29. The van der Waals surface area contributed by atoms with Gasteiger partial charge in [0.2, 0.25) is 0 Å². The van der Waals surface area contributed by atoms with Gasteiger partial charge in [-0.3, -0.25) is 0 Å². The lowest BCUT2D eigenvalue weighted by molar-refractivity contribution is 0.524. The molecule has 0 amide bonds. The van der Waals surface area contributed by atoms with E-state index in [9.17, 15) is 0 Å². The fraction of sp³-hybridized carbons (Fsp3) is 0.750. The molecule has 1 aromatic rings. The van der Waals surface area contributed by atoms with Gasteiger partial charge in [0.1, 0.15) is 5.82 Å². The Morgan fingerprint density at radius 1 is 1.62 bits per heavy atom. The van der Waals surface area contributed by atoms with Crippen LogP contribution in [-0.2, 0) is 13.5 Å². The lowest BCUT2D eigenvalue weighted by Crippen LogP contribution is -2.34. The molecule has 2 rings (SSSR count). The summed E-state index contributed by atoms with van der Waals surface area (Å²) >= 11 is 2.06. The minimum absolute atomic E-state index is 0.335. The molecule has 1 fully saturated rings. The van der Waals surface area contributed by atoms with E-state index in [0.717, 1.165) is 18.7 Å². The van der Waals surface area contributed by atoms with Crippen LogP contribution in [0.25, 0.3) is 0 Å². The third-order valence-electron chi connectivity index (χ3n) is 3.31. The summed E-state index contributed by atoms with van der Waals surface area (Å²) < 4.78 is 2.08. The summed E-state index contributed by atoms with van der Waals surface area (Å²) in [7, 11) is 2.04. The van der Waals surface area contributed by atoms with Gasteiger partial charge in [0.05, 0.1) is 0 Å². The normalized spacial score (nSPS) is 23.2. The monoisotopic (exact) mass is 239 g/mol. The SMILES string of the molecule is Cn1ccnc1CCC(N)C1CCCCS1. The van der Waals surface area contributed by atoms with Crippen molar-refractivity contribution in [3.05, 3.63) is 18.2 Å². The maximum atomic E-state index is 6.26. The summed E-state index contributed by atoms with van der Waals surface area (Å²) in [6.45, 7) is 0. The van der Waals surface area contributed by atoms with E-state index in [-0.39, 0.29) is 0 Å². The van der Waals surface area contributed by atoms with E-state index in [2.05, 4.69) is 21.3 Å². The van der Waals surface area contributed by atoms with E-state index in [1.165, 1.54) is 25.0 Å². The van der Waals surface area contributed by atoms with Crippen molar-refractivity contribution in [1.29, 1.82) is 0 Å². The number of rotatable bonds is 4. The van der Waals surface area contributed by atoms with Crippen molar-refractivity contribution in [3.8, 4) is 0 Å². The molecule has 90 valence electrons. The summed E-state index contributed by atoms with van der Waals surface area (Å²) in [6.07, 6.45) is 9.93. The van der Waals surface area contributed by atoms with Gasteiger partial charge in [-0.05, 0) is 25.0 Å². The number of hydrogen-bond acceptors (Lipinski definition) is 3. The van der Waals surface area contributed by atoms with Crippen LogP contribution < -0.4 is 5.73 Å². The molecule has 16 heavy (non-hydrogen) atoms. The summed E-state index contributed by atoms with van der Waals surface area (Å²) in [5.74, 6) is 2.44. The summed E-state index contributed by atoms with van der Waals surface area (Å²) in [4.78, 5) is 4.33. The molecule has 4 heteroatoms. The number of aromatic nitrogens is 2. The van der Waals surface area contributed by atoms with Crippen molar-refractivity contribution in [2.24, 2.45) is 12.8 Å². The van der Waals surface area contributed by atoms with Crippen molar-refractivity contribution in [2.75, 3.05) is 5.75 Å². The Bertz CT molecular complexity index is 318. The molecule has 1 aliphatic rings. The van der Waals surface area contributed by atoms with Crippen LogP contribution in [0.15, 0.2) is 12.4 Å². The first-order chi connectivity index (χ1) is 7.77. The van der Waals surface area contributed by atoms with Crippen molar-refractivity contribution < 1.29 is 0 Å². The second-order valence-electron chi connectivity index (χ2n) is 4.56. The van der Waals surface area contributed by atoms with Crippen LogP contribution >= 0.6 is 11.8 Å². The minimum atomic E-state index is 0.335. The Labute approximate surface area is 102 Å². The van der Waals surface area contributed by atoms with Crippen LogP contribution in [0, 0.1) is 0 Å². The Morgan fingerprint density at radius 3 is 3.12 bits per heavy atom. The van der Waals surface area contributed by atoms with Crippen LogP contribution in [-0.4, -0.2) is 26.6 Å². The quantitative estimate of drug-likeness (QED) is 0.873. The van der Waals surface area contributed by atoms with Gasteiger partial charge < -0.3 is 10.3 Å². The largest absolute Gasteiger partial charge is 0.338 e. The second-order valence-corrected chi connectivity index (χ2v) is 5.91. The average Bonchev–Trinajstić information content (AvgIpc) is 2.73. The van der Waals surface area contributed by atoms with Crippen LogP contribution in [0.1, 0.15) is 31.5 Å². The van der Waals surface area contributed by atoms with E-state index in [1.807, 2.05) is 19.4 Å². The molecule has 2 unspecified atom stereocenters. The first kappa shape index (κ1) is 12.0. The lowest BCUT2D eigenvalue weighted by Gasteiger charge is -2.26. The van der Waals surface area contributed by atoms with Crippen LogP contribution in [0.3, 0.4) is 0 Å². The summed E-state index contributed by atoms with van der Waals surface area (Å²) in [5.41, 5.74) is 6.26. The Morgan fingerprint density at radius 2 is 2.50 bits per heavy atom. The highest BCUT2D eigenvalue weighted by molar-refractivity contribution is 8.00. The molecule has 0 aliphatic carbocycles. The van der Waals surface area contributed by atoms with Crippen molar-refractivity contribution >= 4 is 11.8 Å². The van der Waals surface area contributed by atoms with Crippen molar-refractivity contribution in [3.63, 3.8) is 0 Å². The van der Waals surface area contributed by atoms with Gasteiger partial charge in [0.15, 0.2) is 0 Å². The van der Waals surface area contributed by atoms with Gasteiger partial charge >= 0.3 is 0 Å². The number of nitrogens with two attached hydrogens (primary N) is 1. The number of hydrogen-bond donors (Lipinski definition) is 1. The predicted octanol–water partition coefficient (Wildman–Crippen LogP) is 1.97. The first-order valence-corrected chi connectivity index (χ1v) is 7.15. The Balaban J connectivity index is 1.78. The zero-order valence-corrected chi connectivity index (χ0v) is 10.7. The smallest absolute Gasteiger partial charge is 0.108 e. The molecule has 1 saturated heterocycles. The molecule has 0 radical (unpaired) electrons. The van der Waals surface area contributed by atoms with E-state index >= 15 is 0 Å². The van der Waals surface area contributed by atoms with Gasteiger partial charge in [-0.25, -0.2) is 4.98 Å². The highest BCUT2D eigenvalue weighted by atomic mass is 32.2. The number of nitrogens with zero attached hydrogens (tertiary/aromatic N) is 2. The number of thioether (sulfide) groups is 1. The highest BCUT2D eigenvalue weighted by Gasteiger charge is 2.21. The molecule has 2 N–H and O–H groups in total. The maximum absolute atomic E-state index is 6.26. The van der Waals surface area contributed by atoms with Crippen LogP contribution in [0.5, 0.6) is 0 Å². The molecule has 2 atom stereocenters. The third-order valence-corrected chi connectivity index (χ3v) is 4.85. The second kappa shape index (κ2) is 5.73. The molecular formula is C12H21N3S. The summed E-state index contributed by atoms with van der Waals surface area (Å²) in [6, 6.07) is 0.335. The lowest BCUT2D eigenvalue weighted by atomic mass is 10.0. The first-order valence-electron chi connectivity index (χ1n) is 6.11. The van der Waals surface area contributed by atoms with Crippen LogP contribution in [0.4, 0.5) is 0 Å². The third kappa shape index (κ3) is 3.01. The zero-order valence-electron chi connectivity index (χ0n) is 9.93. The number of aryl methyl sites for hydroxylation is 2. The molecule has 3 nitrogen and oxygen atoms in total. The molecular weight excluding hydrogens is 218 g/mol. The van der Waals surface area contributed by atoms with E-state index in [0.29, 0.717) is 11.3 Å². The fourth-order valence-corrected chi connectivity index (χ4v) is 3.61. The fourth-order valence-electron chi connectivity index (χ4n) is 2.22. The van der Waals surface area contributed by atoms with Gasteiger partial charge in [0.25, 0.3) is 0 Å². The summed E-state index contributed by atoms with van der Waals surface area (Å²) in [5, 5.41) is 0.675. The zero-order chi connectivity index (χ0) is 11.4. The van der Waals surface area contributed by atoms with E-state index < -0.39 is 0 Å². The van der Waals surface area contributed by atoms with Crippen molar-refractivity contribution in [2.45, 2.75) is 43.4 Å². The van der Waals surface area contributed by atoms with Gasteiger partial charge in [-0.15, -0.1) is 0 Å². The van der Waals surface area contributed by atoms with E-state index in [1.54, 1.807) is 0 Å². The minimum Gasteiger partial charge on any atom is -0.338 e. The topological polar surface area (TPSA) is 43.8 Å².